The number of ether oxygens (including phenoxy) is 1. The molecule has 0 saturated carbocycles. The molecule has 1 aromatic carbocycles. The second-order valence-electron chi connectivity index (χ2n) is 22.3. The predicted octanol–water partition coefficient (Wildman–Crippen LogP) is 13.3. The molecule has 0 bridgehead atoms. The molecule has 0 aliphatic carbocycles. The second kappa shape index (κ2) is 19.4. The summed E-state index contributed by atoms with van der Waals surface area (Å²) in [6, 6.07) is 6.59. The number of fused-ring (bicyclic) bond motifs is 1. The first-order valence-electron chi connectivity index (χ1n) is 21.8. The number of unbranched alkanes of at least 4 members (excludes halogenated alkanes) is 1. The SMILES string of the molecule is COC(=O)C[C@H](O[Si](C)(C)C(C)(C)C)C(C)(C)C(=O)[C@H](C)[C@@H](O[Si](C)(C)C(C)(C)C)[C@@H](C)CCC/C=C/C[C@H](O[Si](C)(C)C(C)(C)C)c1ccc2c(c1)nc(C)n2C. The molecule has 0 N–H and O–H groups in total. The lowest BCUT2D eigenvalue weighted by Gasteiger charge is -2.46. The molecule has 0 fully saturated rings. The zero-order chi connectivity index (χ0) is 45.0. The summed E-state index contributed by atoms with van der Waals surface area (Å²) in [6.45, 7) is 43.9. The smallest absolute Gasteiger partial charge is 0.308 e. The number of hydrogen-bond donors (Lipinski definition) is 0. The Labute approximate surface area is 358 Å². The van der Waals surface area contributed by atoms with Crippen molar-refractivity contribution in [1.29, 1.82) is 0 Å². The van der Waals surface area contributed by atoms with E-state index in [2.05, 4.69) is 150 Å². The Morgan fingerprint density at radius 2 is 1.31 bits per heavy atom. The monoisotopic (exact) mass is 859 g/mol. The maximum atomic E-state index is 14.8. The summed E-state index contributed by atoms with van der Waals surface area (Å²) in [5.74, 6) is 0.450. The summed E-state index contributed by atoms with van der Waals surface area (Å²) in [7, 11) is -3.20. The molecule has 332 valence electrons. The summed E-state index contributed by atoms with van der Waals surface area (Å²) in [6.07, 6.45) is 7.32. The highest BCUT2D eigenvalue weighted by molar-refractivity contribution is 6.75. The number of esters is 1. The molecule has 8 nitrogen and oxygen atoms in total. The van der Waals surface area contributed by atoms with Gasteiger partial charge in [-0.15, -0.1) is 0 Å². The van der Waals surface area contributed by atoms with Crippen molar-refractivity contribution in [3.05, 3.63) is 41.7 Å². The van der Waals surface area contributed by atoms with Gasteiger partial charge in [0.05, 0.1) is 42.9 Å². The summed E-state index contributed by atoms with van der Waals surface area (Å²) in [5.41, 5.74) is 2.37. The Balaban J connectivity index is 2.35. The molecule has 0 unspecified atom stereocenters. The topological polar surface area (TPSA) is 88.9 Å². The number of benzene rings is 1. The number of carbonyl (C=O) groups is 2. The van der Waals surface area contributed by atoms with E-state index in [-0.39, 0.29) is 51.4 Å². The van der Waals surface area contributed by atoms with Crippen LogP contribution in [0.3, 0.4) is 0 Å². The van der Waals surface area contributed by atoms with Crippen molar-refractivity contribution >= 4 is 47.7 Å². The van der Waals surface area contributed by atoms with Gasteiger partial charge >= 0.3 is 5.97 Å². The lowest BCUT2D eigenvalue weighted by Crippen LogP contribution is -2.54. The van der Waals surface area contributed by atoms with E-state index in [1.54, 1.807) is 0 Å². The van der Waals surface area contributed by atoms with E-state index in [0.29, 0.717) is 0 Å². The van der Waals surface area contributed by atoms with Crippen LogP contribution in [-0.2, 0) is 34.7 Å². The van der Waals surface area contributed by atoms with Crippen LogP contribution in [0.4, 0.5) is 0 Å². The van der Waals surface area contributed by atoms with Crippen molar-refractivity contribution in [2.24, 2.45) is 24.3 Å². The van der Waals surface area contributed by atoms with Crippen LogP contribution in [0.2, 0.25) is 54.4 Å². The minimum Gasteiger partial charge on any atom is -0.469 e. The second-order valence-corrected chi connectivity index (χ2v) is 36.6. The van der Waals surface area contributed by atoms with Gasteiger partial charge in [0.15, 0.2) is 25.0 Å². The third kappa shape index (κ3) is 13.1. The molecule has 0 aliphatic heterocycles. The van der Waals surface area contributed by atoms with Crippen LogP contribution in [0.15, 0.2) is 30.4 Å². The number of nitrogens with zero attached hydrogens (tertiary/aromatic N) is 2. The van der Waals surface area contributed by atoms with Gasteiger partial charge in [-0.1, -0.05) is 108 Å². The molecule has 0 spiro atoms. The van der Waals surface area contributed by atoms with Crippen LogP contribution >= 0.6 is 0 Å². The fourth-order valence-corrected chi connectivity index (χ4v) is 10.9. The minimum absolute atomic E-state index is 0.0200. The van der Waals surface area contributed by atoms with E-state index in [0.717, 1.165) is 42.5 Å². The Kier molecular flexibility index (Phi) is 17.5. The van der Waals surface area contributed by atoms with Crippen LogP contribution < -0.4 is 0 Å². The first kappa shape index (κ1) is 52.2. The maximum Gasteiger partial charge on any atom is 0.308 e. The van der Waals surface area contributed by atoms with Gasteiger partial charge in [0.2, 0.25) is 0 Å². The largest absolute Gasteiger partial charge is 0.469 e. The van der Waals surface area contributed by atoms with Gasteiger partial charge in [-0.05, 0) is 111 Å². The minimum atomic E-state index is -2.34. The number of methoxy groups -OCH3 is 1. The number of imidazole rings is 1. The third-order valence-electron chi connectivity index (χ3n) is 14.3. The Morgan fingerprint density at radius 3 is 1.83 bits per heavy atom. The van der Waals surface area contributed by atoms with Gasteiger partial charge in [0.25, 0.3) is 0 Å². The lowest BCUT2D eigenvalue weighted by atomic mass is 9.73. The molecule has 1 heterocycles. The van der Waals surface area contributed by atoms with Crippen molar-refractivity contribution in [3.63, 3.8) is 0 Å². The molecule has 2 rings (SSSR count). The van der Waals surface area contributed by atoms with Crippen LogP contribution in [0.25, 0.3) is 11.0 Å². The van der Waals surface area contributed by atoms with E-state index in [4.69, 9.17) is 23.0 Å². The van der Waals surface area contributed by atoms with Gasteiger partial charge in [0.1, 0.15) is 11.6 Å². The van der Waals surface area contributed by atoms with Gasteiger partial charge in [-0.3, -0.25) is 9.59 Å². The molecule has 58 heavy (non-hydrogen) atoms. The molecule has 5 atom stereocenters. The Bertz CT molecular complexity index is 1710. The summed E-state index contributed by atoms with van der Waals surface area (Å²) in [5, 5.41) is -0.0176. The first-order valence-corrected chi connectivity index (χ1v) is 30.6. The normalized spacial score (nSPS) is 16.7. The standard InChI is InChI=1S/C47H86N2O6Si3/c1-33(27-25-23-24-26-28-39(53-56(17,18)44(4,5)6)36-29-30-38-37(31-36)48-35(3)49(38)15)42(55-58(21,22)46(10,11)12)34(2)43(51)47(13,14)40(32-41(50)52-16)54-57(19,20)45(7,8)9/h24,26,29-31,33-34,39-40,42H,23,25,27-28,32H2,1-22H3/b26-24+/t33-,34+,39-,40-,42-/m0/s1. The molecular formula is C47H86N2O6Si3. The van der Waals surface area contributed by atoms with Gasteiger partial charge in [0, 0.05) is 18.4 Å². The zero-order valence-corrected chi connectivity index (χ0v) is 44.2. The molecule has 0 amide bonds. The van der Waals surface area contributed by atoms with E-state index in [1.807, 2.05) is 27.7 Å². The molecule has 0 saturated heterocycles. The number of ketones is 1. The van der Waals surface area contributed by atoms with Gasteiger partial charge in [-0.25, -0.2) is 4.98 Å². The van der Waals surface area contributed by atoms with Gasteiger partial charge in [-0.2, -0.15) is 0 Å². The number of allylic oxidation sites excluding steroid dienone is 1. The van der Waals surface area contributed by atoms with Crippen molar-refractivity contribution in [2.75, 3.05) is 7.11 Å². The van der Waals surface area contributed by atoms with Crippen molar-refractivity contribution < 1.29 is 27.6 Å². The Morgan fingerprint density at radius 1 is 0.793 bits per heavy atom. The Hall–Kier alpha value is -1.90. The van der Waals surface area contributed by atoms with E-state index in [1.165, 1.54) is 12.7 Å². The maximum absolute atomic E-state index is 14.8. The highest BCUT2D eigenvalue weighted by Gasteiger charge is 2.50. The summed E-state index contributed by atoms with van der Waals surface area (Å²) in [4.78, 5) is 32.4. The number of aromatic nitrogens is 2. The fourth-order valence-electron chi connectivity index (χ4n) is 6.72. The molecule has 0 aliphatic rings. The zero-order valence-electron chi connectivity index (χ0n) is 41.2. The number of carbonyl (C=O) groups excluding carboxylic acids is 2. The predicted molar refractivity (Wildman–Crippen MR) is 252 cm³/mol. The van der Waals surface area contributed by atoms with Crippen LogP contribution in [-0.4, -0.2) is 65.6 Å². The first-order chi connectivity index (χ1) is 26.1. The number of rotatable bonds is 20. The third-order valence-corrected chi connectivity index (χ3v) is 27.7. The van der Waals surface area contributed by atoms with Crippen molar-refractivity contribution in [2.45, 2.75) is 202 Å². The molecule has 2 aromatic rings. The van der Waals surface area contributed by atoms with E-state index >= 15 is 0 Å². The molecular weight excluding hydrogens is 773 g/mol. The van der Waals surface area contributed by atoms with E-state index in [9.17, 15) is 9.59 Å². The number of hydrogen-bond acceptors (Lipinski definition) is 7. The van der Waals surface area contributed by atoms with E-state index < -0.39 is 42.4 Å². The highest BCUT2D eigenvalue weighted by atomic mass is 28.4. The summed E-state index contributed by atoms with van der Waals surface area (Å²) >= 11 is 0. The highest BCUT2D eigenvalue weighted by Crippen LogP contribution is 2.45. The fraction of sp³-hybridized carbons (Fsp3) is 0.766. The summed E-state index contributed by atoms with van der Waals surface area (Å²) < 4.78 is 28.4. The molecule has 1 aromatic heterocycles. The molecule has 11 heteroatoms. The quantitative estimate of drug-likeness (QED) is 0.0567. The average molecular weight is 859 g/mol. The van der Waals surface area contributed by atoms with Crippen molar-refractivity contribution in [1.82, 2.24) is 9.55 Å². The lowest BCUT2D eigenvalue weighted by molar-refractivity contribution is -0.148. The average Bonchev–Trinajstić information content (AvgIpc) is 3.36. The van der Waals surface area contributed by atoms with Crippen molar-refractivity contribution in [3.8, 4) is 0 Å². The molecule has 0 radical (unpaired) electrons. The number of Topliss-reactive ketones (excluding diaryl/α,β-unsaturated/α-hetero) is 1. The number of aryl methyl sites for hydroxylation is 2. The van der Waals surface area contributed by atoms with Crippen LogP contribution in [0.5, 0.6) is 0 Å². The van der Waals surface area contributed by atoms with Crippen LogP contribution in [0, 0.1) is 24.2 Å². The van der Waals surface area contributed by atoms with Gasteiger partial charge < -0.3 is 22.6 Å². The van der Waals surface area contributed by atoms with Crippen LogP contribution in [0.1, 0.15) is 140 Å².